The molecule has 1 aromatic rings. The van der Waals surface area contributed by atoms with Gasteiger partial charge in [-0.1, -0.05) is 6.92 Å². The molecule has 2 atom stereocenters. The maximum Gasteiger partial charge on any atom is 0.255 e. The normalized spacial score (nSPS) is 26.9. The summed E-state index contributed by atoms with van der Waals surface area (Å²) in [6, 6.07) is 0. The Kier molecular flexibility index (Phi) is 2.75. The van der Waals surface area contributed by atoms with Crippen LogP contribution in [0.5, 0.6) is 0 Å². The number of carbonyl (C=O) groups is 1. The quantitative estimate of drug-likeness (QED) is 0.894. The van der Waals surface area contributed by atoms with Crippen LogP contribution < -0.4 is 5.73 Å². The first kappa shape index (κ1) is 11.3. The molecule has 3 nitrogen and oxygen atoms in total. The van der Waals surface area contributed by atoms with Crippen LogP contribution >= 0.6 is 23.3 Å². The maximum absolute atomic E-state index is 11.5. The molecule has 5 heteroatoms. The zero-order chi connectivity index (χ0) is 12.0. The number of hydrogen-bond acceptors (Lipinski definition) is 4. The summed E-state index contributed by atoms with van der Waals surface area (Å²) in [5, 5.41) is 0.465. The van der Waals surface area contributed by atoms with E-state index in [2.05, 4.69) is 11.3 Å². The lowest BCUT2D eigenvalue weighted by atomic mass is 9.82. The summed E-state index contributed by atoms with van der Waals surface area (Å²) in [4.78, 5) is 13.7. The van der Waals surface area contributed by atoms with Crippen molar-refractivity contribution in [3.8, 4) is 0 Å². The molecule has 3 rings (SSSR count). The zero-order valence-electron chi connectivity index (χ0n) is 9.60. The van der Waals surface area contributed by atoms with Gasteiger partial charge < -0.3 is 5.73 Å². The number of aryl methyl sites for hydroxylation is 1. The number of thioether (sulfide) groups is 1. The Balaban J connectivity index is 2.10. The summed E-state index contributed by atoms with van der Waals surface area (Å²) < 4.78 is 4.30. The monoisotopic (exact) mass is 266 g/mol. The Morgan fingerprint density at radius 2 is 2.41 bits per heavy atom. The molecule has 2 aliphatic rings. The minimum absolute atomic E-state index is 0.251. The average molecular weight is 266 g/mol. The fourth-order valence-electron chi connectivity index (χ4n) is 2.77. The summed E-state index contributed by atoms with van der Waals surface area (Å²) in [7, 11) is 0. The largest absolute Gasteiger partial charge is 0.365 e. The number of carbonyl (C=O) groups excluding carboxylic acids is 1. The molecule has 90 valence electrons. The van der Waals surface area contributed by atoms with Crippen molar-refractivity contribution in [2.75, 3.05) is 0 Å². The number of rotatable bonds is 2. The lowest BCUT2D eigenvalue weighted by molar-refractivity contribution is -0.113. The topological polar surface area (TPSA) is 56.0 Å². The van der Waals surface area contributed by atoms with Gasteiger partial charge in [0, 0.05) is 22.2 Å². The van der Waals surface area contributed by atoms with Crippen molar-refractivity contribution in [1.29, 1.82) is 0 Å². The van der Waals surface area contributed by atoms with Crippen molar-refractivity contribution < 1.29 is 4.79 Å². The minimum Gasteiger partial charge on any atom is -0.365 e. The molecule has 0 aromatic carbocycles. The number of primary amides is 1. The van der Waals surface area contributed by atoms with Crippen LogP contribution in [0, 0.1) is 0 Å². The molecule has 17 heavy (non-hydrogen) atoms. The van der Waals surface area contributed by atoms with E-state index in [0.717, 1.165) is 24.2 Å². The van der Waals surface area contributed by atoms with E-state index >= 15 is 0 Å². The van der Waals surface area contributed by atoms with Gasteiger partial charge in [-0.05, 0) is 41.9 Å². The summed E-state index contributed by atoms with van der Waals surface area (Å²) in [6.07, 6.45) is 5.02. The second kappa shape index (κ2) is 4.14. The third kappa shape index (κ3) is 1.64. The third-order valence-corrected chi connectivity index (χ3v) is 6.09. The number of fused-ring (bicyclic) bond motifs is 3. The molecule has 1 aliphatic heterocycles. The molecule has 0 spiro atoms. The number of nitrogens with two attached hydrogens (primary N) is 1. The SMILES string of the molecule is CCC1SC(C(N)=O)=C2CCc3cnsc3C21. The van der Waals surface area contributed by atoms with E-state index in [9.17, 15) is 4.79 Å². The van der Waals surface area contributed by atoms with E-state index in [1.807, 2.05) is 6.20 Å². The fourth-order valence-corrected chi connectivity index (χ4v) is 5.25. The highest BCUT2D eigenvalue weighted by Crippen LogP contribution is 2.54. The fraction of sp³-hybridized carbons (Fsp3) is 0.500. The van der Waals surface area contributed by atoms with Crippen molar-refractivity contribution in [1.82, 2.24) is 4.37 Å². The van der Waals surface area contributed by atoms with Crippen molar-refractivity contribution in [3.05, 3.63) is 27.1 Å². The Labute approximate surface area is 109 Å². The van der Waals surface area contributed by atoms with Crippen molar-refractivity contribution in [2.24, 2.45) is 5.73 Å². The second-order valence-electron chi connectivity index (χ2n) is 4.48. The van der Waals surface area contributed by atoms with E-state index in [1.54, 1.807) is 23.3 Å². The van der Waals surface area contributed by atoms with Crippen LogP contribution in [0.2, 0.25) is 0 Å². The predicted octanol–water partition coefficient (Wildman–Crippen LogP) is 2.44. The van der Waals surface area contributed by atoms with Crippen molar-refractivity contribution >= 4 is 29.2 Å². The van der Waals surface area contributed by atoms with Crippen LogP contribution in [0.15, 0.2) is 16.7 Å². The Morgan fingerprint density at radius 1 is 1.59 bits per heavy atom. The Bertz CT molecular complexity index is 506. The average Bonchev–Trinajstić information content (AvgIpc) is 2.91. The van der Waals surface area contributed by atoms with Gasteiger partial charge in [0.2, 0.25) is 0 Å². The second-order valence-corrected chi connectivity index (χ2v) is 6.56. The van der Waals surface area contributed by atoms with E-state index in [4.69, 9.17) is 5.73 Å². The number of allylic oxidation sites excluding steroid dienone is 1. The molecule has 1 amide bonds. The molecule has 0 bridgehead atoms. The van der Waals surface area contributed by atoms with E-state index in [-0.39, 0.29) is 5.91 Å². The van der Waals surface area contributed by atoms with Gasteiger partial charge in [-0.25, -0.2) is 4.37 Å². The van der Waals surface area contributed by atoms with Crippen LogP contribution in [-0.4, -0.2) is 15.5 Å². The van der Waals surface area contributed by atoms with Gasteiger partial charge in [0.15, 0.2) is 0 Å². The molecular weight excluding hydrogens is 252 g/mol. The zero-order valence-corrected chi connectivity index (χ0v) is 11.2. The van der Waals surface area contributed by atoms with E-state index in [1.165, 1.54) is 16.0 Å². The summed E-state index contributed by atoms with van der Waals surface area (Å²) in [5.74, 6) is 0.141. The minimum atomic E-state index is -0.251. The molecule has 0 radical (unpaired) electrons. The van der Waals surface area contributed by atoms with Crippen molar-refractivity contribution in [2.45, 2.75) is 37.4 Å². The van der Waals surface area contributed by atoms with Gasteiger partial charge in [0.05, 0.1) is 4.91 Å². The van der Waals surface area contributed by atoms with Gasteiger partial charge in [-0.2, -0.15) is 0 Å². The van der Waals surface area contributed by atoms with Crippen LogP contribution in [0.1, 0.15) is 36.1 Å². The standard InChI is InChI=1S/C12H14N2OS2/c1-2-8-9-7(11(16-8)12(13)15)4-3-6-5-14-17-10(6)9/h5,8-9H,2-4H2,1H3,(H2,13,15). The highest BCUT2D eigenvalue weighted by Gasteiger charge is 2.41. The van der Waals surface area contributed by atoms with Crippen LogP contribution in [-0.2, 0) is 11.2 Å². The lowest BCUT2D eigenvalue weighted by Crippen LogP contribution is -2.17. The van der Waals surface area contributed by atoms with Crippen LogP contribution in [0.3, 0.4) is 0 Å². The van der Waals surface area contributed by atoms with Gasteiger partial charge in [-0.3, -0.25) is 4.79 Å². The summed E-state index contributed by atoms with van der Waals surface area (Å²) in [6.45, 7) is 2.18. The first-order valence-corrected chi connectivity index (χ1v) is 7.50. The van der Waals surface area contributed by atoms with E-state index in [0.29, 0.717) is 11.2 Å². The number of aromatic nitrogens is 1. The highest BCUT2D eigenvalue weighted by atomic mass is 32.2. The van der Waals surface area contributed by atoms with Gasteiger partial charge in [0.25, 0.3) is 5.91 Å². The van der Waals surface area contributed by atoms with Crippen LogP contribution in [0.4, 0.5) is 0 Å². The number of amides is 1. The third-order valence-electron chi connectivity index (χ3n) is 3.56. The first-order valence-electron chi connectivity index (χ1n) is 5.85. The molecule has 2 heterocycles. The van der Waals surface area contributed by atoms with Crippen LogP contribution in [0.25, 0.3) is 0 Å². The molecule has 2 N–H and O–H groups in total. The Morgan fingerprint density at radius 3 is 3.12 bits per heavy atom. The summed E-state index contributed by atoms with van der Waals surface area (Å²) in [5.41, 5.74) is 8.13. The van der Waals surface area contributed by atoms with Gasteiger partial charge in [0.1, 0.15) is 0 Å². The number of nitrogens with zero attached hydrogens (tertiary/aromatic N) is 1. The highest BCUT2D eigenvalue weighted by molar-refractivity contribution is 8.04. The Hall–Kier alpha value is -0.810. The maximum atomic E-state index is 11.5. The van der Waals surface area contributed by atoms with Crippen molar-refractivity contribution in [3.63, 3.8) is 0 Å². The molecule has 0 saturated heterocycles. The molecular formula is C12H14N2OS2. The molecule has 0 saturated carbocycles. The lowest BCUT2D eigenvalue weighted by Gasteiger charge is -2.24. The molecule has 2 unspecified atom stereocenters. The van der Waals surface area contributed by atoms with E-state index < -0.39 is 0 Å². The first-order chi connectivity index (χ1) is 8.22. The molecule has 1 aromatic heterocycles. The predicted molar refractivity (Wildman–Crippen MR) is 71.1 cm³/mol. The van der Waals surface area contributed by atoms with Gasteiger partial charge in [-0.15, -0.1) is 11.8 Å². The summed E-state index contributed by atoms with van der Waals surface area (Å²) >= 11 is 3.26. The molecule has 1 aliphatic carbocycles. The smallest absolute Gasteiger partial charge is 0.255 e. The molecule has 0 fully saturated rings. The van der Waals surface area contributed by atoms with Gasteiger partial charge >= 0.3 is 0 Å². The number of hydrogen-bond donors (Lipinski definition) is 1.